The van der Waals surface area contributed by atoms with Crippen LogP contribution < -0.4 is 5.32 Å². The third-order valence-electron chi connectivity index (χ3n) is 3.04. The SMILES string of the molecule is Cc1occc1C(=O)NC1CCCCC1. The molecular formula is C12H17NO2. The van der Waals surface area contributed by atoms with Crippen LogP contribution in [0, 0.1) is 6.92 Å². The number of carbonyl (C=O) groups is 1. The maximum absolute atomic E-state index is 11.8. The number of rotatable bonds is 2. The number of hydrogen-bond acceptors (Lipinski definition) is 2. The van der Waals surface area contributed by atoms with E-state index in [2.05, 4.69) is 5.32 Å². The van der Waals surface area contributed by atoms with Gasteiger partial charge in [0.25, 0.3) is 5.91 Å². The molecule has 0 bridgehead atoms. The predicted octanol–water partition coefficient (Wildman–Crippen LogP) is 2.65. The number of carbonyl (C=O) groups excluding carboxylic acids is 1. The molecule has 15 heavy (non-hydrogen) atoms. The van der Waals surface area contributed by atoms with Gasteiger partial charge >= 0.3 is 0 Å². The van der Waals surface area contributed by atoms with Crippen LogP contribution >= 0.6 is 0 Å². The van der Waals surface area contributed by atoms with E-state index >= 15 is 0 Å². The second-order valence-electron chi connectivity index (χ2n) is 4.20. The van der Waals surface area contributed by atoms with Crippen LogP contribution in [0.1, 0.15) is 48.2 Å². The van der Waals surface area contributed by atoms with Gasteiger partial charge in [0.15, 0.2) is 0 Å². The highest BCUT2D eigenvalue weighted by Gasteiger charge is 2.18. The van der Waals surface area contributed by atoms with E-state index in [1.165, 1.54) is 19.3 Å². The molecule has 0 radical (unpaired) electrons. The van der Waals surface area contributed by atoms with Crippen molar-refractivity contribution in [1.82, 2.24) is 5.32 Å². The number of hydrogen-bond donors (Lipinski definition) is 1. The van der Waals surface area contributed by atoms with Crippen molar-refractivity contribution >= 4 is 5.91 Å². The summed E-state index contributed by atoms with van der Waals surface area (Å²) in [5, 5.41) is 3.06. The minimum atomic E-state index is 0.00755. The highest BCUT2D eigenvalue weighted by Crippen LogP contribution is 2.18. The summed E-state index contributed by atoms with van der Waals surface area (Å²) in [5.74, 6) is 0.705. The second-order valence-corrected chi connectivity index (χ2v) is 4.20. The Labute approximate surface area is 89.9 Å². The van der Waals surface area contributed by atoms with Crippen LogP contribution in [0.15, 0.2) is 16.7 Å². The smallest absolute Gasteiger partial charge is 0.255 e. The average molecular weight is 207 g/mol. The van der Waals surface area contributed by atoms with Crippen LogP contribution in [-0.4, -0.2) is 11.9 Å². The van der Waals surface area contributed by atoms with E-state index in [-0.39, 0.29) is 5.91 Å². The maximum Gasteiger partial charge on any atom is 0.255 e. The van der Waals surface area contributed by atoms with Gasteiger partial charge in [0.2, 0.25) is 0 Å². The van der Waals surface area contributed by atoms with Gasteiger partial charge in [0.1, 0.15) is 5.76 Å². The van der Waals surface area contributed by atoms with Gasteiger partial charge in [-0.05, 0) is 25.8 Å². The van der Waals surface area contributed by atoms with Gasteiger partial charge in [-0.15, -0.1) is 0 Å². The fraction of sp³-hybridized carbons (Fsp3) is 0.583. The summed E-state index contributed by atoms with van der Waals surface area (Å²) in [7, 11) is 0. The van der Waals surface area contributed by atoms with Crippen molar-refractivity contribution in [2.75, 3.05) is 0 Å². The second kappa shape index (κ2) is 4.51. The largest absolute Gasteiger partial charge is 0.469 e. The van der Waals surface area contributed by atoms with Crippen molar-refractivity contribution in [2.24, 2.45) is 0 Å². The zero-order valence-electron chi connectivity index (χ0n) is 9.08. The summed E-state index contributed by atoms with van der Waals surface area (Å²) in [6.45, 7) is 1.82. The normalized spacial score (nSPS) is 17.7. The van der Waals surface area contributed by atoms with Crippen molar-refractivity contribution < 1.29 is 9.21 Å². The first-order valence-corrected chi connectivity index (χ1v) is 5.62. The summed E-state index contributed by atoms with van der Waals surface area (Å²) in [6.07, 6.45) is 7.55. The Morgan fingerprint density at radius 2 is 2.13 bits per heavy atom. The fourth-order valence-corrected chi connectivity index (χ4v) is 2.13. The van der Waals surface area contributed by atoms with Crippen LogP contribution in [0.3, 0.4) is 0 Å². The third kappa shape index (κ3) is 2.41. The van der Waals surface area contributed by atoms with E-state index in [0.29, 0.717) is 17.4 Å². The maximum atomic E-state index is 11.8. The van der Waals surface area contributed by atoms with Gasteiger partial charge < -0.3 is 9.73 Å². The highest BCUT2D eigenvalue weighted by molar-refractivity contribution is 5.95. The minimum absolute atomic E-state index is 0.00755. The van der Waals surface area contributed by atoms with Crippen LogP contribution in [-0.2, 0) is 0 Å². The van der Waals surface area contributed by atoms with Gasteiger partial charge in [-0.25, -0.2) is 0 Å². The molecule has 0 unspecified atom stereocenters. The van der Waals surface area contributed by atoms with Crippen molar-refractivity contribution in [1.29, 1.82) is 0 Å². The fourth-order valence-electron chi connectivity index (χ4n) is 2.13. The molecule has 1 heterocycles. The van der Waals surface area contributed by atoms with Crippen LogP contribution in [0.4, 0.5) is 0 Å². The minimum Gasteiger partial charge on any atom is -0.469 e. The molecule has 0 aliphatic heterocycles. The lowest BCUT2D eigenvalue weighted by atomic mass is 9.95. The van der Waals surface area contributed by atoms with E-state index in [4.69, 9.17) is 4.42 Å². The molecule has 0 aromatic carbocycles. The van der Waals surface area contributed by atoms with Crippen molar-refractivity contribution in [3.63, 3.8) is 0 Å². The predicted molar refractivity (Wildman–Crippen MR) is 57.8 cm³/mol. The molecule has 3 heteroatoms. The molecule has 1 N–H and O–H groups in total. The molecule has 1 amide bonds. The first-order valence-electron chi connectivity index (χ1n) is 5.62. The lowest BCUT2D eigenvalue weighted by Crippen LogP contribution is -2.36. The standard InChI is InChI=1S/C12H17NO2/c1-9-11(7-8-15-9)12(14)13-10-5-3-2-4-6-10/h7-8,10H,2-6H2,1H3,(H,13,14). The molecule has 1 fully saturated rings. The van der Waals surface area contributed by atoms with E-state index in [0.717, 1.165) is 12.8 Å². The Morgan fingerprint density at radius 3 is 2.73 bits per heavy atom. The molecule has 1 saturated carbocycles. The molecule has 2 rings (SSSR count). The lowest BCUT2D eigenvalue weighted by molar-refractivity contribution is 0.0926. The Hall–Kier alpha value is -1.25. The molecular weight excluding hydrogens is 190 g/mol. The van der Waals surface area contributed by atoms with E-state index in [1.807, 2.05) is 6.92 Å². The Balaban J connectivity index is 1.94. The molecule has 1 aromatic rings. The number of amides is 1. The molecule has 82 valence electrons. The zero-order valence-corrected chi connectivity index (χ0v) is 9.08. The average Bonchev–Trinajstić information content (AvgIpc) is 2.66. The molecule has 1 aliphatic rings. The molecule has 0 atom stereocenters. The van der Waals surface area contributed by atoms with Crippen molar-refractivity contribution in [3.05, 3.63) is 23.7 Å². The van der Waals surface area contributed by atoms with Crippen LogP contribution in [0.25, 0.3) is 0 Å². The quantitative estimate of drug-likeness (QED) is 0.810. The Kier molecular flexibility index (Phi) is 3.09. The van der Waals surface area contributed by atoms with E-state index in [1.54, 1.807) is 12.3 Å². The van der Waals surface area contributed by atoms with E-state index < -0.39 is 0 Å². The first kappa shape index (κ1) is 10.3. The van der Waals surface area contributed by atoms with Gasteiger partial charge in [-0.1, -0.05) is 19.3 Å². The Morgan fingerprint density at radius 1 is 1.40 bits per heavy atom. The molecule has 0 spiro atoms. The van der Waals surface area contributed by atoms with Crippen molar-refractivity contribution in [2.45, 2.75) is 45.1 Å². The topological polar surface area (TPSA) is 42.2 Å². The number of aryl methyl sites for hydroxylation is 1. The number of nitrogens with one attached hydrogen (secondary N) is 1. The summed E-state index contributed by atoms with van der Waals surface area (Å²) < 4.78 is 5.11. The number of furan rings is 1. The Bertz CT molecular complexity index is 337. The lowest BCUT2D eigenvalue weighted by Gasteiger charge is -2.22. The molecule has 1 aromatic heterocycles. The third-order valence-corrected chi connectivity index (χ3v) is 3.04. The summed E-state index contributed by atoms with van der Waals surface area (Å²) in [5.41, 5.74) is 0.667. The highest BCUT2D eigenvalue weighted by atomic mass is 16.3. The van der Waals surface area contributed by atoms with Gasteiger partial charge in [0, 0.05) is 6.04 Å². The van der Waals surface area contributed by atoms with Gasteiger partial charge in [-0.3, -0.25) is 4.79 Å². The van der Waals surface area contributed by atoms with Crippen molar-refractivity contribution in [3.8, 4) is 0 Å². The van der Waals surface area contributed by atoms with Crippen LogP contribution in [0.2, 0.25) is 0 Å². The van der Waals surface area contributed by atoms with E-state index in [9.17, 15) is 4.79 Å². The summed E-state index contributed by atoms with van der Waals surface area (Å²) in [4.78, 5) is 11.8. The van der Waals surface area contributed by atoms with Gasteiger partial charge in [-0.2, -0.15) is 0 Å². The zero-order chi connectivity index (χ0) is 10.7. The van der Waals surface area contributed by atoms with Crippen LogP contribution in [0.5, 0.6) is 0 Å². The monoisotopic (exact) mass is 207 g/mol. The summed E-state index contributed by atoms with van der Waals surface area (Å²) in [6, 6.07) is 2.09. The molecule has 3 nitrogen and oxygen atoms in total. The first-order chi connectivity index (χ1) is 7.27. The molecule has 0 saturated heterocycles. The summed E-state index contributed by atoms with van der Waals surface area (Å²) >= 11 is 0. The molecule has 1 aliphatic carbocycles. The van der Waals surface area contributed by atoms with Gasteiger partial charge in [0.05, 0.1) is 11.8 Å².